The van der Waals surface area contributed by atoms with Gasteiger partial charge in [-0.05, 0) is 35.3 Å². The Morgan fingerprint density at radius 3 is 2.39 bits per heavy atom. The van der Waals surface area contributed by atoms with Crippen molar-refractivity contribution in [1.29, 1.82) is 0 Å². The van der Waals surface area contributed by atoms with E-state index in [4.69, 9.17) is 16.3 Å². The summed E-state index contributed by atoms with van der Waals surface area (Å²) >= 11 is 6.13. The molecule has 116 valence electrons. The van der Waals surface area contributed by atoms with Gasteiger partial charge in [-0.25, -0.2) is 4.79 Å². The van der Waals surface area contributed by atoms with Crippen molar-refractivity contribution in [1.82, 2.24) is 0 Å². The maximum absolute atomic E-state index is 12.1. The highest BCUT2D eigenvalue weighted by Gasteiger charge is 2.22. The van der Waals surface area contributed by atoms with Crippen molar-refractivity contribution in [3.63, 3.8) is 0 Å². The van der Waals surface area contributed by atoms with E-state index in [0.29, 0.717) is 22.3 Å². The second-order valence-electron chi connectivity index (χ2n) is 5.80. The van der Waals surface area contributed by atoms with Crippen LogP contribution in [0.4, 0.5) is 0 Å². The fourth-order valence-corrected chi connectivity index (χ4v) is 2.61. The van der Waals surface area contributed by atoms with Gasteiger partial charge in [0.15, 0.2) is 0 Å². The predicted molar refractivity (Wildman–Crippen MR) is 94.0 cm³/mol. The van der Waals surface area contributed by atoms with Crippen molar-refractivity contribution in [2.75, 3.05) is 0 Å². The van der Waals surface area contributed by atoms with Crippen molar-refractivity contribution < 1.29 is 9.53 Å². The maximum Gasteiger partial charge on any atom is 0.343 e. The van der Waals surface area contributed by atoms with Crippen molar-refractivity contribution >= 4 is 29.4 Å². The van der Waals surface area contributed by atoms with E-state index >= 15 is 0 Å². The highest BCUT2D eigenvalue weighted by molar-refractivity contribution is 6.32. The highest BCUT2D eigenvalue weighted by Crippen LogP contribution is 2.29. The zero-order chi connectivity index (χ0) is 16.4. The van der Waals surface area contributed by atoms with Crippen LogP contribution < -0.4 is 0 Å². The quantitative estimate of drug-likeness (QED) is 0.554. The van der Waals surface area contributed by atoms with E-state index in [9.17, 15) is 4.79 Å². The van der Waals surface area contributed by atoms with Gasteiger partial charge in [0.05, 0.1) is 5.57 Å². The van der Waals surface area contributed by atoms with E-state index in [-0.39, 0.29) is 5.97 Å². The van der Waals surface area contributed by atoms with E-state index in [2.05, 4.69) is 26.0 Å². The summed E-state index contributed by atoms with van der Waals surface area (Å²) in [6.45, 7) is 4.29. The van der Waals surface area contributed by atoms with Crippen molar-refractivity contribution in [2.45, 2.75) is 19.8 Å². The number of hydrogen-bond acceptors (Lipinski definition) is 2. The van der Waals surface area contributed by atoms with Crippen LogP contribution in [0, 0.1) is 0 Å². The standard InChI is InChI=1S/C20H17ClO2/c1-13(2)14-7-9-15(10-8-14)19-12-17(20(22)23-19)11-16-5-3-4-6-18(16)21/h3-13H,1-2H3/b17-11-. The summed E-state index contributed by atoms with van der Waals surface area (Å²) in [6, 6.07) is 15.5. The summed E-state index contributed by atoms with van der Waals surface area (Å²) in [5, 5.41) is 0.607. The topological polar surface area (TPSA) is 26.3 Å². The number of cyclic esters (lactones) is 1. The van der Waals surface area contributed by atoms with Crippen LogP contribution in [0.2, 0.25) is 5.02 Å². The van der Waals surface area contributed by atoms with Crippen molar-refractivity contribution in [3.05, 3.63) is 81.9 Å². The third kappa shape index (κ3) is 3.38. The summed E-state index contributed by atoms with van der Waals surface area (Å²) in [5.41, 5.74) is 3.45. The lowest BCUT2D eigenvalue weighted by atomic mass is 10.0. The molecule has 23 heavy (non-hydrogen) atoms. The number of hydrogen-bond donors (Lipinski definition) is 0. The monoisotopic (exact) mass is 324 g/mol. The molecule has 0 unspecified atom stereocenters. The van der Waals surface area contributed by atoms with Gasteiger partial charge in [0.1, 0.15) is 5.76 Å². The lowest BCUT2D eigenvalue weighted by Gasteiger charge is -2.06. The smallest absolute Gasteiger partial charge is 0.343 e. The third-order valence-electron chi connectivity index (χ3n) is 3.80. The molecule has 0 saturated carbocycles. The van der Waals surface area contributed by atoms with Gasteiger partial charge < -0.3 is 4.74 Å². The number of carbonyl (C=O) groups is 1. The van der Waals surface area contributed by atoms with Crippen LogP contribution in [0.5, 0.6) is 0 Å². The number of ether oxygens (including phenoxy) is 1. The Kier molecular flexibility index (Phi) is 4.35. The average molecular weight is 325 g/mol. The van der Waals surface area contributed by atoms with Gasteiger partial charge in [-0.3, -0.25) is 0 Å². The van der Waals surface area contributed by atoms with Crippen molar-refractivity contribution in [2.24, 2.45) is 0 Å². The third-order valence-corrected chi connectivity index (χ3v) is 4.15. The molecule has 2 nitrogen and oxygen atoms in total. The van der Waals surface area contributed by atoms with Gasteiger partial charge in [0.25, 0.3) is 0 Å². The average Bonchev–Trinajstić information content (AvgIpc) is 2.91. The zero-order valence-electron chi connectivity index (χ0n) is 13.0. The van der Waals surface area contributed by atoms with Crippen LogP contribution in [0.15, 0.2) is 60.2 Å². The fraction of sp³-hybridized carbons (Fsp3) is 0.150. The molecule has 0 fully saturated rings. The first kappa shape index (κ1) is 15.6. The Hall–Kier alpha value is -2.32. The molecule has 2 aromatic carbocycles. The van der Waals surface area contributed by atoms with Gasteiger partial charge in [-0.15, -0.1) is 0 Å². The number of esters is 1. The van der Waals surface area contributed by atoms with E-state index in [1.54, 1.807) is 18.2 Å². The first-order valence-corrected chi connectivity index (χ1v) is 7.93. The van der Waals surface area contributed by atoms with Crippen LogP contribution in [0.1, 0.15) is 36.5 Å². The second kappa shape index (κ2) is 6.43. The Morgan fingerprint density at radius 1 is 1.04 bits per heavy atom. The van der Waals surface area contributed by atoms with Gasteiger partial charge in [-0.2, -0.15) is 0 Å². The molecule has 1 aliphatic heterocycles. The molecule has 0 aromatic heterocycles. The van der Waals surface area contributed by atoms with Crippen LogP contribution in [-0.2, 0) is 9.53 Å². The summed E-state index contributed by atoms with van der Waals surface area (Å²) in [5.74, 6) is 0.691. The molecule has 0 atom stereocenters. The van der Waals surface area contributed by atoms with Crippen LogP contribution in [0.3, 0.4) is 0 Å². The minimum absolute atomic E-state index is 0.354. The van der Waals surface area contributed by atoms with Gasteiger partial charge >= 0.3 is 5.97 Å². The molecule has 3 rings (SSSR count). The van der Waals surface area contributed by atoms with Crippen LogP contribution in [-0.4, -0.2) is 5.97 Å². The molecule has 0 bridgehead atoms. The van der Waals surface area contributed by atoms with Crippen LogP contribution >= 0.6 is 11.6 Å². The SMILES string of the molecule is CC(C)c1ccc(C2=C/C(=C/c3ccccc3Cl)C(=O)O2)cc1. The molecule has 3 heteroatoms. The summed E-state index contributed by atoms with van der Waals surface area (Å²) in [7, 11) is 0. The largest absolute Gasteiger partial charge is 0.422 e. The minimum Gasteiger partial charge on any atom is -0.422 e. The molecule has 0 N–H and O–H groups in total. The molecular weight excluding hydrogens is 308 g/mol. The Bertz CT molecular complexity index is 799. The molecule has 2 aromatic rings. The minimum atomic E-state index is -0.354. The lowest BCUT2D eigenvalue weighted by Crippen LogP contribution is -1.97. The van der Waals surface area contributed by atoms with Crippen LogP contribution in [0.25, 0.3) is 11.8 Å². The normalized spacial score (nSPS) is 15.9. The number of halogens is 1. The number of carbonyl (C=O) groups excluding carboxylic acids is 1. The zero-order valence-corrected chi connectivity index (χ0v) is 13.8. The summed E-state index contributed by atoms with van der Waals surface area (Å²) in [4.78, 5) is 12.1. The molecule has 1 aliphatic rings. The maximum atomic E-state index is 12.1. The van der Waals surface area contributed by atoms with Gasteiger partial charge in [0.2, 0.25) is 0 Å². The first-order valence-electron chi connectivity index (χ1n) is 7.55. The first-order chi connectivity index (χ1) is 11.0. The Balaban J connectivity index is 1.91. The lowest BCUT2D eigenvalue weighted by molar-refractivity contribution is -0.130. The molecule has 0 amide bonds. The number of benzene rings is 2. The van der Waals surface area contributed by atoms with Gasteiger partial charge in [0, 0.05) is 10.6 Å². The number of rotatable bonds is 3. The van der Waals surface area contributed by atoms with E-state index < -0.39 is 0 Å². The molecule has 0 spiro atoms. The van der Waals surface area contributed by atoms with E-state index in [1.165, 1.54) is 5.56 Å². The molecule has 1 heterocycles. The second-order valence-corrected chi connectivity index (χ2v) is 6.20. The van der Waals surface area contributed by atoms with E-state index in [0.717, 1.165) is 11.1 Å². The molecular formula is C20H17ClO2. The summed E-state index contributed by atoms with van der Waals surface area (Å²) in [6.07, 6.45) is 3.51. The Morgan fingerprint density at radius 2 is 1.74 bits per heavy atom. The summed E-state index contributed by atoms with van der Waals surface area (Å²) < 4.78 is 5.38. The predicted octanol–water partition coefficient (Wildman–Crippen LogP) is 5.44. The van der Waals surface area contributed by atoms with Gasteiger partial charge in [-0.1, -0.05) is 67.9 Å². The molecule has 0 radical (unpaired) electrons. The molecule has 0 aliphatic carbocycles. The Labute approximate surface area is 141 Å². The fourth-order valence-electron chi connectivity index (χ4n) is 2.42. The van der Waals surface area contributed by atoms with Crippen molar-refractivity contribution in [3.8, 4) is 0 Å². The molecule has 0 saturated heterocycles. The van der Waals surface area contributed by atoms with E-state index in [1.807, 2.05) is 30.3 Å². The highest BCUT2D eigenvalue weighted by atomic mass is 35.5.